The number of fused-ring (bicyclic) bond motifs is 1. The van der Waals surface area contributed by atoms with Crippen molar-refractivity contribution in [3.63, 3.8) is 0 Å². The Bertz CT molecular complexity index is 1050. The summed E-state index contributed by atoms with van der Waals surface area (Å²) in [5.74, 6) is 1.83. The maximum absolute atomic E-state index is 12.7. The Morgan fingerprint density at radius 2 is 1.82 bits per heavy atom. The molecule has 1 aliphatic heterocycles. The van der Waals surface area contributed by atoms with Crippen LogP contribution >= 0.6 is 0 Å². The van der Waals surface area contributed by atoms with Crippen molar-refractivity contribution >= 4 is 11.9 Å². The van der Waals surface area contributed by atoms with Crippen LogP contribution in [0.4, 0.5) is 0 Å². The fourth-order valence-corrected chi connectivity index (χ4v) is 3.33. The maximum Gasteiger partial charge on any atom is 0.232 e. The number of benzene rings is 2. The SMILES string of the molecule is Cc1ccc(/C=C2/Oc3c(ccc(O)c3CN(C)Cc3ccccc3)C2=O)o1. The number of carbonyl (C=O) groups excluding carboxylic acids is 1. The summed E-state index contributed by atoms with van der Waals surface area (Å²) in [7, 11) is 1.96. The van der Waals surface area contributed by atoms with E-state index in [0.29, 0.717) is 35.7 Å². The van der Waals surface area contributed by atoms with Crippen molar-refractivity contribution < 1.29 is 19.1 Å². The normalized spacial score (nSPS) is 14.5. The first kappa shape index (κ1) is 18.1. The number of aryl methyl sites for hydroxylation is 1. The summed E-state index contributed by atoms with van der Waals surface area (Å²) in [6.45, 7) is 3.00. The number of hydrogen-bond donors (Lipinski definition) is 1. The number of allylic oxidation sites excluding steroid dienone is 1. The zero-order chi connectivity index (χ0) is 19.7. The van der Waals surface area contributed by atoms with Crippen LogP contribution in [0.3, 0.4) is 0 Å². The Balaban J connectivity index is 1.60. The summed E-state index contributed by atoms with van der Waals surface area (Å²) in [4.78, 5) is 14.8. The van der Waals surface area contributed by atoms with Gasteiger partial charge in [-0.2, -0.15) is 0 Å². The highest BCUT2D eigenvalue weighted by molar-refractivity contribution is 6.14. The van der Waals surface area contributed by atoms with Crippen LogP contribution in [-0.2, 0) is 13.1 Å². The fourth-order valence-electron chi connectivity index (χ4n) is 3.33. The molecule has 5 heteroatoms. The molecule has 0 bridgehead atoms. The smallest absolute Gasteiger partial charge is 0.232 e. The number of nitrogens with zero attached hydrogens (tertiary/aromatic N) is 1. The molecule has 0 unspecified atom stereocenters. The monoisotopic (exact) mass is 375 g/mol. The predicted octanol–water partition coefficient (Wildman–Crippen LogP) is 4.54. The number of phenolic OH excluding ortho intramolecular Hbond substituents is 1. The lowest BCUT2D eigenvalue weighted by molar-refractivity contribution is 0.101. The summed E-state index contributed by atoms with van der Waals surface area (Å²) < 4.78 is 11.4. The molecule has 0 aliphatic carbocycles. The van der Waals surface area contributed by atoms with E-state index in [1.54, 1.807) is 24.3 Å². The fraction of sp³-hybridized carbons (Fsp3) is 0.174. The van der Waals surface area contributed by atoms with Crippen molar-refractivity contribution in [3.8, 4) is 11.5 Å². The molecule has 0 fully saturated rings. The molecule has 4 rings (SSSR count). The third-order valence-corrected chi connectivity index (χ3v) is 4.67. The number of ketones is 1. The van der Waals surface area contributed by atoms with E-state index in [-0.39, 0.29) is 17.3 Å². The number of Topliss-reactive ketones (excluding diaryl/α,β-unsaturated/α-hetero) is 1. The van der Waals surface area contributed by atoms with Gasteiger partial charge in [-0.3, -0.25) is 9.69 Å². The van der Waals surface area contributed by atoms with Gasteiger partial charge in [0.2, 0.25) is 5.78 Å². The van der Waals surface area contributed by atoms with E-state index in [9.17, 15) is 9.90 Å². The van der Waals surface area contributed by atoms with Crippen molar-refractivity contribution in [2.75, 3.05) is 7.05 Å². The average molecular weight is 375 g/mol. The molecule has 142 valence electrons. The van der Waals surface area contributed by atoms with Crippen LogP contribution in [0.1, 0.15) is 33.0 Å². The van der Waals surface area contributed by atoms with Gasteiger partial charge in [0.05, 0.1) is 11.1 Å². The van der Waals surface area contributed by atoms with Crippen LogP contribution in [0.15, 0.2) is 64.8 Å². The Hall–Kier alpha value is -3.31. The molecule has 0 atom stereocenters. The van der Waals surface area contributed by atoms with Gasteiger partial charge in [0.15, 0.2) is 5.76 Å². The topological polar surface area (TPSA) is 62.9 Å². The second kappa shape index (κ2) is 7.37. The van der Waals surface area contributed by atoms with E-state index in [2.05, 4.69) is 17.0 Å². The molecule has 0 saturated heterocycles. The van der Waals surface area contributed by atoms with E-state index >= 15 is 0 Å². The first-order valence-corrected chi connectivity index (χ1v) is 9.09. The van der Waals surface area contributed by atoms with E-state index in [4.69, 9.17) is 9.15 Å². The summed E-state index contributed by atoms with van der Waals surface area (Å²) in [5.41, 5.74) is 2.22. The molecule has 0 radical (unpaired) electrons. The molecule has 28 heavy (non-hydrogen) atoms. The molecule has 5 nitrogen and oxygen atoms in total. The predicted molar refractivity (Wildman–Crippen MR) is 106 cm³/mol. The summed E-state index contributed by atoms with van der Waals surface area (Å²) in [6, 6.07) is 16.8. The molecule has 2 aromatic carbocycles. The van der Waals surface area contributed by atoms with Crippen molar-refractivity contribution in [3.05, 3.63) is 88.6 Å². The molecular weight excluding hydrogens is 354 g/mol. The molecule has 2 heterocycles. The highest BCUT2D eigenvalue weighted by Gasteiger charge is 2.31. The second-order valence-corrected chi connectivity index (χ2v) is 6.99. The Kier molecular flexibility index (Phi) is 4.75. The molecule has 1 aliphatic rings. The van der Waals surface area contributed by atoms with Crippen molar-refractivity contribution in [2.45, 2.75) is 20.0 Å². The summed E-state index contributed by atoms with van der Waals surface area (Å²) in [5, 5.41) is 10.4. The van der Waals surface area contributed by atoms with Crippen LogP contribution in [0.2, 0.25) is 0 Å². The van der Waals surface area contributed by atoms with Crippen LogP contribution in [-0.4, -0.2) is 22.8 Å². The molecule has 0 spiro atoms. The third kappa shape index (κ3) is 3.57. The van der Waals surface area contributed by atoms with E-state index in [1.807, 2.05) is 38.2 Å². The minimum absolute atomic E-state index is 0.113. The Morgan fingerprint density at radius 1 is 1.04 bits per heavy atom. The van der Waals surface area contributed by atoms with Gasteiger partial charge in [0, 0.05) is 19.2 Å². The summed E-state index contributed by atoms with van der Waals surface area (Å²) in [6.07, 6.45) is 1.59. The lowest BCUT2D eigenvalue weighted by atomic mass is 10.0. The Morgan fingerprint density at radius 3 is 2.54 bits per heavy atom. The van der Waals surface area contributed by atoms with E-state index in [1.165, 1.54) is 5.56 Å². The van der Waals surface area contributed by atoms with Crippen LogP contribution < -0.4 is 4.74 Å². The lowest BCUT2D eigenvalue weighted by Crippen LogP contribution is -2.17. The summed E-state index contributed by atoms with van der Waals surface area (Å²) >= 11 is 0. The minimum Gasteiger partial charge on any atom is -0.507 e. The first-order valence-electron chi connectivity index (χ1n) is 9.09. The van der Waals surface area contributed by atoms with Gasteiger partial charge in [-0.15, -0.1) is 0 Å². The van der Waals surface area contributed by atoms with Gasteiger partial charge >= 0.3 is 0 Å². The highest BCUT2D eigenvalue weighted by Crippen LogP contribution is 2.40. The van der Waals surface area contributed by atoms with Gasteiger partial charge in [-0.05, 0) is 43.8 Å². The molecular formula is C23H21NO4. The van der Waals surface area contributed by atoms with Gasteiger partial charge in [-0.25, -0.2) is 0 Å². The van der Waals surface area contributed by atoms with Crippen molar-refractivity contribution in [2.24, 2.45) is 0 Å². The molecule has 0 amide bonds. The largest absolute Gasteiger partial charge is 0.507 e. The van der Waals surface area contributed by atoms with E-state index < -0.39 is 0 Å². The van der Waals surface area contributed by atoms with E-state index in [0.717, 1.165) is 5.76 Å². The number of carbonyl (C=O) groups is 1. The molecule has 1 N–H and O–H groups in total. The van der Waals surface area contributed by atoms with Crippen LogP contribution in [0.25, 0.3) is 6.08 Å². The number of phenols is 1. The lowest BCUT2D eigenvalue weighted by Gasteiger charge is -2.19. The maximum atomic E-state index is 12.7. The van der Waals surface area contributed by atoms with Gasteiger partial charge in [-0.1, -0.05) is 30.3 Å². The average Bonchev–Trinajstić information content (AvgIpc) is 3.22. The van der Waals surface area contributed by atoms with Gasteiger partial charge in [0.1, 0.15) is 23.0 Å². The molecule has 0 saturated carbocycles. The second-order valence-electron chi connectivity index (χ2n) is 6.99. The number of furan rings is 1. The molecule has 1 aromatic heterocycles. The first-order chi connectivity index (χ1) is 13.5. The standard InChI is InChI=1S/C23H21NO4/c1-15-8-9-17(27-15)12-21-22(26)18-10-11-20(25)19(23(18)28-21)14-24(2)13-16-6-4-3-5-7-16/h3-12,25H,13-14H2,1-2H3/b21-12+. The quantitative estimate of drug-likeness (QED) is 0.663. The highest BCUT2D eigenvalue weighted by atomic mass is 16.5. The molecule has 3 aromatic rings. The number of ether oxygens (including phenoxy) is 1. The van der Waals surface area contributed by atoms with Gasteiger partial charge in [0.25, 0.3) is 0 Å². The Labute approximate surface area is 163 Å². The van der Waals surface area contributed by atoms with Crippen LogP contribution in [0.5, 0.6) is 11.5 Å². The van der Waals surface area contributed by atoms with Crippen molar-refractivity contribution in [1.82, 2.24) is 4.90 Å². The minimum atomic E-state index is -0.212. The zero-order valence-electron chi connectivity index (χ0n) is 15.8. The van der Waals surface area contributed by atoms with Crippen molar-refractivity contribution in [1.29, 1.82) is 0 Å². The zero-order valence-corrected chi connectivity index (χ0v) is 15.8. The van der Waals surface area contributed by atoms with Gasteiger partial charge < -0.3 is 14.3 Å². The number of rotatable bonds is 5. The third-order valence-electron chi connectivity index (χ3n) is 4.67. The number of aromatic hydroxyl groups is 1. The van der Waals surface area contributed by atoms with Crippen LogP contribution in [0, 0.1) is 6.92 Å². The number of hydrogen-bond acceptors (Lipinski definition) is 5.